The molecule has 27 heavy (non-hydrogen) atoms. The molecule has 2 aromatic carbocycles. The second kappa shape index (κ2) is 8.91. The molecule has 146 valence electrons. The lowest BCUT2D eigenvalue weighted by Crippen LogP contribution is -2.27. The average Bonchev–Trinajstić information content (AvgIpc) is 2.61. The highest BCUT2D eigenvalue weighted by Gasteiger charge is 2.20. The number of nitrogens with one attached hydrogen (secondary N) is 2. The van der Waals surface area contributed by atoms with Crippen LogP contribution in [0.15, 0.2) is 52.3 Å². The topological polar surface area (TPSA) is 75.3 Å². The molecule has 0 spiro atoms. The van der Waals surface area contributed by atoms with Crippen molar-refractivity contribution < 1.29 is 13.2 Å². The third kappa shape index (κ3) is 5.57. The van der Waals surface area contributed by atoms with E-state index >= 15 is 0 Å². The van der Waals surface area contributed by atoms with Gasteiger partial charge in [-0.3, -0.25) is 4.79 Å². The zero-order valence-corrected chi connectivity index (χ0v) is 17.9. The fourth-order valence-corrected chi connectivity index (χ4v) is 4.24. The summed E-state index contributed by atoms with van der Waals surface area (Å²) >= 11 is 1.45. The van der Waals surface area contributed by atoms with Crippen molar-refractivity contribution in [2.45, 2.75) is 43.5 Å². The Kier molecular flexibility index (Phi) is 7.08. The number of hydrogen-bond acceptors (Lipinski definition) is 4. The zero-order chi connectivity index (χ0) is 20.2. The standard InChI is InChI=1S/C20H26N2O3S2/c1-13(2)20(23)21-18-12-17(10-11-19(18)26-5)27(24,25)22-15(4)16-8-6-14(3)7-9-16/h6-13,15,22H,1-5H3,(H,21,23)/t15-/m0/s1. The summed E-state index contributed by atoms with van der Waals surface area (Å²) in [6.45, 7) is 7.37. The van der Waals surface area contributed by atoms with E-state index in [4.69, 9.17) is 0 Å². The molecule has 2 rings (SSSR count). The minimum Gasteiger partial charge on any atom is -0.325 e. The Morgan fingerprint density at radius 3 is 2.22 bits per heavy atom. The molecular formula is C20H26N2O3S2. The van der Waals surface area contributed by atoms with Gasteiger partial charge in [-0.1, -0.05) is 43.7 Å². The van der Waals surface area contributed by atoms with Crippen LogP contribution in [-0.2, 0) is 14.8 Å². The van der Waals surface area contributed by atoms with Gasteiger partial charge in [0.1, 0.15) is 0 Å². The van der Waals surface area contributed by atoms with Crippen molar-refractivity contribution in [1.29, 1.82) is 0 Å². The molecule has 0 aromatic heterocycles. The second-order valence-electron chi connectivity index (χ2n) is 6.76. The highest BCUT2D eigenvalue weighted by atomic mass is 32.2. The van der Waals surface area contributed by atoms with Gasteiger partial charge in [-0.25, -0.2) is 13.1 Å². The van der Waals surface area contributed by atoms with Crippen LogP contribution in [0, 0.1) is 12.8 Å². The van der Waals surface area contributed by atoms with Gasteiger partial charge in [0.2, 0.25) is 15.9 Å². The van der Waals surface area contributed by atoms with Crippen LogP contribution in [0.3, 0.4) is 0 Å². The van der Waals surface area contributed by atoms with E-state index in [1.165, 1.54) is 17.8 Å². The normalized spacial score (nSPS) is 12.8. The molecule has 0 radical (unpaired) electrons. The zero-order valence-electron chi connectivity index (χ0n) is 16.2. The Bertz CT molecular complexity index is 907. The molecule has 0 heterocycles. The minimum absolute atomic E-state index is 0.123. The summed E-state index contributed by atoms with van der Waals surface area (Å²) in [5.74, 6) is -0.347. The lowest BCUT2D eigenvalue weighted by molar-refractivity contribution is -0.118. The molecular weight excluding hydrogens is 380 g/mol. The monoisotopic (exact) mass is 406 g/mol. The summed E-state index contributed by atoms with van der Waals surface area (Å²) < 4.78 is 28.3. The van der Waals surface area contributed by atoms with Crippen molar-refractivity contribution in [3.8, 4) is 0 Å². The number of rotatable bonds is 7. The van der Waals surface area contributed by atoms with E-state index in [-0.39, 0.29) is 22.8 Å². The summed E-state index contributed by atoms with van der Waals surface area (Å²) in [6, 6.07) is 12.1. The van der Waals surface area contributed by atoms with Crippen LogP contribution in [0.1, 0.15) is 37.9 Å². The summed E-state index contributed by atoms with van der Waals surface area (Å²) in [5.41, 5.74) is 2.51. The van der Waals surface area contributed by atoms with E-state index in [2.05, 4.69) is 10.0 Å². The fraction of sp³-hybridized carbons (Fsp3) is 0.350. The second-order valence-corrected chi connectivity index (χ2v) is 9.32. The van der Waals surface area contributed by atoms with Crippen molar-refractivity contribution in [3.05, 3.63) is 53.6 Å². The Morgan fingerprint density at radius 2 is 1.67 bits per heavy atom. The van der Waals surface area contributed by atoms with Gasteiger partial charge in [0.15, 0.2) is 0 Å². The fourth-order valence-electron chi connectivity index (χ4n) is 2.45. The van der Waals surface area contributed by atoms with Crippen molar-refractivity contribution in [3.63, 3.8) is 0 Å². The van der Waals surface area contributed by atoms with Crippen molar-refractivity contribution in [1.82, 2.24) is 4.72 Å². The van der Waals surface area contributed by atoms with Crippen LogP contribution in [0.4, 0.5) is 5.69 Å². The molecule has 5 nitrogen and oxygen atoms in total. The number of aryl methyl sites for hydroxylation is 1. The number of anilines is 1. The first-order chi connectivity index (χ1) is 12.6. The SMILES string of the molecule is CSc1ccc(S(=O)(=O)N[C@@H](C)c2ccc(C)cc2)cc1NC(=O)C(C)C. The first-order valence-electron chi connectivity index (χ1n) is 8.72. The molecule has 0 aliphatic heterocycles. The number of thioether (sulfide) groups is 1. The van der Waals surface area contributed by atoms with Gasteiger partial charge in [-0.05, 0) is 43.9 Å². The number of amides is 1. The van der Waals surface area contributed by atoms with Gasteiger partial charge >= 0.3 is 0 Å². The van der Waals surface area contributed by atoms with E-state index in [9.17, 15) is 13.2 Å². The number of sulfonamides is 1. The molecule has 0 bridgehead atoms. The first kappa shape index (κ1) is 21.5. The highest BCUT2D eigenvalue weighted by Crippen LogP contribution is 2.29. The quantitative estimate of drug-likeness (QED) is 0.670. The smallest absolute Gasteiger partial charge is 0.241 e. The van der Waals surface area contributed by atoms with Gasteiger partial charge in [0.05, 0.1) is 10.6 Å². The Balaban J connectivity index is 2.29. The summed E-state index contributed by atoms with van der Waals surface area (Å²) in [7, 11) is -3.73. The van der Waals surface area contributed by atoms with Crippen LogP contribution < -0.4 is 10.0 Å². The van der Waals surface area contributed by atoms with Crippen LogP contribution in [0.2, 0.25) is 0 Å². The molecule has 0 fully saturated rings. The maximum absolute atomic E-state index is 12.8. The van der Waals surface area contributed by atoms with Crippen LogP contribution in [0.5, 0.6) is 0 Å². The van der Waals surface area contributed by atoms with Gasteiger partial charge < -0.3 is 5.32 Å². The van der Waals surface area contributed by atoms with Crippen LogP contribution >= 0.6 is 11.8 Å². The molecule has 1 amide bonds. The molecule has 7 heteroatoms. The molecule has 2 aromatic rings. The molecule has 0 aliphatic carbocycles. The highest BCUT2D eigenvalue weighted by molar-refractivity contribution is 7.98. The Morgan fingerprint density at radius 1 is 1.04 bits per heavy atom. The number of hydrogen-bond donors (Lipinski definition) is 2. The van der Waals surface area contributed by atoms with Crippen LogP contribution in [-0.4, -0.2) is 20.6 Å². The van der Waals surface area contributed by atoms with E-state index in [1.807, 2.05) is 37.4 Å². The maximum Gasteiger partial charge on any atom is 0.241 e. The van der Waals surface area contributed by atoms with Crippen molar-refractivity contribution in [2.75, 3.05) is 11.6 Å². The van der Waals surface area contributed by atoms with Gasteiger partial charge in [-0.15, -0.1) is 11.8 Å². The van der Waals surface area contributed by atoms with Gasteiger partial charge in [0, 0.05) is 16.9 Å². The Hall–Kier alpha value is -1.83. The molecule has 1 atom stereocenters. The van der Waals surface area contributed by atoms with Gasteiger partial charge in [0.25, 0.3) is 0 Å². The molecule has 2 N–H and O–H groups in total. The number of carbonyl (C=O) groups excluding carboxylic acids is 1. The lowest BCUT2D eigenvalue weighted by atomic mass is 10.1. The van der Waals surface area contributed by atoms with E-state index < -0.39 is 10.0 Å². The van der Waals surface area contributed by atoms with Gasteiger partial charge in [-0.2, -0.15) is 0 Å². The first-order valence-corrected chi connectivity index (χ1v) is 11.4. The molecule has 0 aliphatic rings. The number of benzene rings is 2. The minimum atomic E-state index is -3.73. The molecule has 0 saturated carbocycles. The van der Waals surface area contributed by atoms with Crippen LogP contribution in [0.25, 0.3) is 0 Å². The molecule has 0 saturated heterocycles. The van der Waals surface area contributed by atoms with Crippen molar-refractivity contribution in [2.24, 2.45) is 5.92 Å². The Labute approximate surface area is 166 Å². The lowest BCUT2D eigenvalue weighted by Gasteiger charge is -2.17. The molecule has 0 unspecified atom stereocenters. The van der Waals surface area contributed by atoms with E-state index in [0.29, 0.717) is 5.69 Å². The van der Waals surface area contributed by atoms with Crippen molar-refractivity contribution >= 4 is 33.4 Å². The summed E-state index contributed by atoms with van der Waals surface area (Å²) in [6.07, 6.45) is 1.88. The maximum atomic E-state index is 12.8. The predicted octanol–water partition coefficient (Wildman–Crippen LogP) is 4.35. The largest absolute Gasteiger partial charge is 0.325 e. The number of carbonyl (C=O) groups is 1. The van der Waals surface area contributed by atoms with E-state index in [0.717, 1.165) is 16.0 Å². The van der Waals surface area contributed by atoms with E-state index in [1.54, 1.807) is 32.9 Å². The third-order valence-corrected chi connectivity index (χ3v) is 6.51. The summed E-state index contributed by atoms with van der Waals surface area (Å²) in [4.78, 5) is 13.0. The predicted molar refractivity (Wildman–Crippen MR) is 112 cm³/mol. The summed E-state index contributed by atoms with van der Waals surface area (Å²) in [5, 5.41) is 2.81. The average molecular weight is 407 g/mol. The third-order valence-electron chi connectivity index (χ3n) is 4.17.